The number of nitrogens with zero attached hydrogens (tertiary/aromatic N) is 1. The third kappa shape index (κ3) is 4.78. The molecule has 2 nitrogen and oxygen atoms in total. The highest BCUT2D eigenvalue weighted by Gasteiger charge is 2.21. The summed E-state index contributed by atoms with van der Waals surface area (Å²) in [5.41, 5.74) is 9.82. The lowest BCUT2D eigenvalue weighted by molar-refractivity contribution is 0.673. The first-order valence-corrected chi connectivity index (χ1v) is 18.8. The summed E-state index contributed by atoms with van der Waals surface area (Å²) in [6, 6.07) is 67.9. The molecule has 2 heterocycles. The standard InChI is InChI=1S/C50H31NOS/c1-2-11-32(12-3-1)38-18-8-14-35-15-9-19-39(48(35)38)34-23-26-36(27-24-34)51(37-28-30-42-41-17-6-7-22-46(41)53-47(42)31-37)45-21-10-20-43-44-29-25-33-13-4-5-16-40(33)49(44)52-50(43)45/h1-31H. The van der Waals surface area contributed by atoms with Gasteiger partial charge < -0.3 is 9.32 Å². The van der Waals surface area contributed by atoms with Gasteiger partial charge in [-0.25, -0.2) is 0 Å². The lowest BCUT2D eigenvalue weighted by Crippen LogP contribution is -2.10. The Hall–Kier alpha value is -6.68. The Morgan fingerprint density at radius 2 is 0.981 bits per heavy atom. The second-order valence-corrected chi connectivity index (χ2v) is 14.7. The highest BCUT2D eigenvalue weighted by molar-refractivity contribution is 7.25. The highest BCUT2D eigenvalue weighted by atomic mass is 32.1. The summed E-state index contributed by atoms with van der Waals surface area (Å²) < 4.78 is 9.47. The summed E-state index contributed by atoms with van der Waals surface area (Å²) in [6.45, 7) is 0. The summed E-state index contributed by atoms with van der Waals surface area (Å²) in [5.74, 6) is 0. The summed E-state index contributed by atoms with van der Waals surface area (Å²) in [5, 5.41) is 9.61. The van der Waals surface area contributed by atoms with Crippen molar-refractivity contribution in [1.82, 2.24) is 0 Å². The molecule has 0 aliphatic rings. The molecule has 0 bridgehead atoms. The fourth-order valence-electron chi connectivity index (χ4n) is 8.20. The zero-order chi connectivity index (χ0) is 34.9. The average molecular weight is 694 g/mol. The van der Waals surface area contributed by atoms with E-state index >= 15 is 0 Å². The minimum Gasteiger partial charge on any atom is -0.453 e. The number of anilines is 3. The number of hydrogen-bond donors (Lipinski definition) is 0. The molecule has 0 unspecified atom stereocenters. The van der Waals surface area contributed by atoms with Crippen molar-refractivity contribution in [1.29, 1.82) is 0 Å². The summed E-state index contributed by atoms with van der Waals surface area (Å²) >= 11 is 1.84. The molecule has 2 aromatic heterocycles. The Morgan fingerprint density at radius 1 is 0.377 bits per heavy atom. The van der Waals surface area contributed by atoms with Crippen molar-refractivity contribution in [2.45, 2.75) is 0 Å². The molecule has 53 heavy (non-hydrogen) atoms. The molecule has 0 aliphatic carbocycles. The summed E-state index contributed by atoms with van der Waals surface area (Å²) in [7, 11) is 0. The number of rotatable bonds is 5. The smallest absolute Gasteiger partial charge is 0.159 e. The van der Waals surface area contributed by atoms with Gasteiger partial charge in [0.15, 0.2) is 5.58 Å². The Morgan fingerprint density at radius 3 is 1.81 bits per heavy atom. The third-order valence-electron chi connectivity index (χ3n) is 10.7. The van der Waals surface area contributed by atoms with Crippen molar-refractivity contribution in [3.63, 3.8) is 0 Å². The van der Waals surface area contributed by atoms with Crippen molar-refractivity contribution >= 4 is 92.1 Å². The van der Waals surface area contributed by atoms with Gasteiger partial charge in [0.05, 0.1) is 5.69 Å². The first kappa shape index (κ1) is 30.0. The van der Waals surface area contributed by atoms with E-state index in [0.29, 0.717) is 0 Å². The van der Waals surface area contributed by atoms with Gasteiger partial charge in [-0.1, -0.05) is 146 Å². The Bertz CT molecular complexity index is 3170. The molecule has 11 rings (SSSR count). The SMILES string of the molecule is c1ccc(-c2cccc3cccc(-c4ccc(N(c5ccc6c(c5)sc5ccccc56)c5cccc6c5oc5c7ccccc7ccc65)cc4)c23)cc1. The highest BCUT2D eigenvalue weighted by Crippen LogP contribution is 2.46. The molecule has 248 valence electrons. The van der Waals surface area contributed by atoms with E-state index in [2.05, 4.69) is 193 Å². The zero-order valence-corrected chi connectivity index (χ0v) is 29.5. The molecule has 0 spiro atoms. The van der Waals surface area contributed by atoms with Crippen LogP contribution in [0.5, 0.6) is 0 Å². The Kier molecular flexibility index (Phi) is 6.76. The van der Waals surface area contributed by atoms with Gasteiger partial charge in [-0.05, 0) is 80.9 Å². The number of thiophene rings is 1. The molecule has 9 aromatic carbocycles. The topological polar surface area (TPSA) is 16.4 Å². The van der Waals surface area contributed by atoms with Crippen molar-refractivity contribution in [3.05, 3.63) is 188 Å². The van der Waals surface area contributed by atoms with Crippen LogP contribution >= 0.6 is 11.3 Å². The molecule has 0 saturated heterocycles. The van der Waals surface area contributed by atoms with Gasteiger partial charge in [0.2, 0.25) is 0 Å². The molecule has 3 heteroatoms. The van der Waals surface area contributed by atoms with Crippen LogP contribution in [-0.2, 0) is 0 Å². The van der Waals surface area contributed by atoms with E-state index < -0.39 is 0 Å². The quantitative estimate of drug-likeness (QED) is 0.178. The van der Waals surface area contributed by atoms with Crippen molar-refractivity contribution in [2.75, 3.05) is 4.90 Å². The largest absolute Gasteiger partial charge is 0.453 e. The molecule has 0 atom stereocenters. The number of para-hydroxylation sites is 1. The van der Waals surface area contributed by atoms with Gasteiger partial charge in [0.1, 0.15) is 5.58 Å². The van der Waals surface area contributed by atoms with Crippen LogP contribution in [0.25, 0.3) is 85.9 Å². The van der Waals surface area contributed by atoms with Gasteiger partial charge in [-0.2, -0.15) is 0 Å². The van der Waals surface area contributed by atoms with Crippen LogP contribution in [0.15, 0.2) is 192 Å². The van der Waals surface area contributed by atoms with E-state index in [1.54, 1.807) is 0 Å². The Balaban J connectivity index is 1.12. The maximum Gasteiger partial charge on any atom is 0.159 e. The van der Waals surface area contributed by atoms with Crippen LogP contribution in [0.2, 0.25) is 0 Å². The molecule has 0 saturated carbocycles. The van der Waals surface area contributed by atoms with Gasteiger partial charge in [-0.3, -0.25) is 0 Å². The second kappa shape index (κ2) is 11.9. The minimum absolute atomic E-state index is 0.876. The number of hydrogen-bond acceptors (Lipinski definition) is 3. The number of fused-ring (bicyclic) bond motifs is 9. The molecular formula is C50H31NOS. The maximum absolute atomic E-state index is 6.91. The molecule has 0 amide bonds. The van der Waals surface area contributed by atoms with Crippen LogP contribution in [0, 0.1) is 0 Å². The van der Waals surface area contributed by atoms with Crippen LogP contribution in [0.3, 0.4) is 0 Å². The molecular weight excluding hydrogens is 663 g/mol. The van der Waals surface area contributed by atoms with Crippen LogP contribution in [0.4, 0.5) is 17.1 Å². The van der Waals surface area contributed by atoms with E-state index in [0.717, 1.165) is 44.4 Å². The Labute approximate surface area is 310 Å². The molecule has 0 radical (unpaired) electrons. The van der Waals surface area contributed by atoms with Crippen LogP contribution in [0.1, 0.15) is 0 Å². The van der Waals surface area contributed by atoms with Crippen molar-refractivity contribution in [3.8, 4) is 22.3 Å². The first-order valence-electron chi connectivity index (χ1n) is 18.0. The van der Waals surface area contributed by atoms with Gasteiger partial charge in [0.25, 0.3) is 0 Å². The molecule has 0 aliphatic heterocycles. The summed E-state index contributed by atoms with van der Waals surface area (Å²) in [4.78, 5) is 2.36. The average Bonchev–Trinajstić information content (AvgIpc) is 3.80. The van der Waals surface area contributed by atoms with Crippen molar-refractivity contribution < 1.29 is 4.42 Å². The van der Waals surface area contributed by atoms with E-state index in [-0.39, 0.29) is 0 Å². The zero-order valence-electron chi connectivity index (χ0n) is 28.7. The first-order chi connectivity index (χ1) is 26.3. The lowest BCUT2D eigenvalue weighted by atomic mass is 9.91. The fraction of sp³-hybridized carbons (Fsp3) is 0. The van der Waals surface area contributed by atoms with Crippen LogP contribution < -0.4 is 4.90 Å². The van der Waals surface area contributed by atoms with E-state index in [1.165, 1.54) is 58.6 Å². The summed E-state index contributed by atoms with van der Waals surface area (Å²) in [6.07, 6.45) is 0. The lowest BCUT2D eigenvalue weighted by Gasteiger charge is -2.26. The van der Waals surface area contributed by atoms with Gasteiger partial charge in [-0.15, -0.1) is 11.3 Å². The van der Waals surface area contributed by atoms with E-state index in [9.17, 15) is 0 Å². The monoisotopic (exact) mass is 693 g/mol. The number of benzene rings is 9. The fourth-order valence-corrected chi connectivity index (χ4v) is 9.34. The van der Waals surface area contributed by atoms with Crippen molar-refractivity contribution in [2.24, 2.45) is 0 Å². The molecule has 0 N–H and O–H groups in total. The van der Waals surface area contributed by atoms with Gasteiger partial charge >= 0.3 is 0 Å². The van der Waals surface area contributed by atoms with E-state index in [4.69, 9.17) is 4.42 Å². The number of furan rings is 1. The second-order valence-electron chi connectivity index (χ2n) is 13.7. The van der Waals surface area contributed by atoms with Gasteiger partial charge in [0, 0.05) is 47.7 Å². The minimum atomic E-state index is 0.876. The molecule has 0 fully saturated rings. The van der Waals surface area contributed by atoms with E-state index in [1.807, 2.05) is 11.3 Å². The predicted molar refractivity (Wildman–Crippen MR) is 227 cm³/mol. The third-order valence-corrected chi connectivity index (χ3v) is 11.8. The maximum atomic E-state index is 6.91. The van der Waals surface area contributed by atoms with Crippen LogP contribution in [-0.4, -0.2) is 0 Å². The predicted octanol–water partition coefficient (Wildman–Crippen LogP) is 15.1. The normalized spacial score (nSPS) is 11.8. The molecule has 11 aromatic rings.